The Hall–Kier alpha value is -2.64. The molecule has 0 aliphatic heterocycles. The predicted molar refractivity (Wildman–Crippen MR) is 116 cm³/mol. The fourth-order valence-corrected chi connectivity index (χ4v) is 3.86. The highest BCUT2D eigenvalue weighted by Gasteiger charge is 2.19. The second-order valence-corrected chi connectivity index (χ2v) is 7.84. The molecule has 0 saturated carbocycles. The lowest BCUT2D eigenvalue weighted by atomic mass is 10.1. The van der Waals surface area contributed by atoms with Gasteiger partial charge in [-0.25, -0.2) is 4.98 Å². The van der Waals surface area contributed by atoms with Crippen molar-refractivity contribution in [2.75, 3.05) is 27.4 Å². The number of carbonyl (C=O) groups is 1. The number of nitrogens with one attached hydrogen (secondary N) is 1. The van der Waals surface area contributed by atoms with Crippen LogP contribution in [0.25, 0.3) is 11.4 Å². The molecule has 0 unspecified atom stereocenters. The Balaban J connectivity index is 1.87. The number of aryl methyl sites for hydroxylation is 2. The molecule has 29 heavy (non-hydrogen) atoms. The number of rotatable bonds is 9. The standard InChI is InChI=1S/C22H27N3O3S/c1-15-19(22(26)23-10-12-27-3)13-21(20-14-29-16(2)24-20)25(15)11-9-17-5-7-18(28-4)8-6-17/h5-8,13-14H,9-12H2,1-4H3,(H,23,26). The Bertz CT molecular complexity index is 960. The van der Waals surface area contributed by atoms with Gasteiger partial charge >= 0.3 is 0 Å². The van der Waals surface area contributed by atoms with Crippen LogP contribution in [-0.2, 0) is 17.7 Å². The van der Waals surface area contributed by atoms with E-state index in [2.05, 4.69) is 27.0 Å². The monoisotopic (exact) mass is 413 g/mol. The fourth-order valence-electron chi connectivity index (χ4n) is 3.25. The van der Waals surface area contributed by atoms with E-state index < -0.39 is 0 Å². The second-order valence-electron chi connectivity index (χ2n) is 6.78. The molecule has 1 N–H and O–H groups in total. The summed E-state index contributed by atoms with van der Waals surface area (Å²) >= 11 is 1.61. The second kappa shape index (κ2) is 9.71. The molecule has 0 saturated heterocycles. The number of amides is 1. The quantitative estimate of drug-likeness (QED) is 0.541. The molecule has 0 atom stereocenters. The van der Waals surface area contributed by atoms with Crippen LogP contribution < -0.4 is 10.1 Å². The fraction of sp³-hybridized carbons (Fsp3) is 0.364. The summed E-state index contributed by atoms with van der Waals surface area (Å²) in [4.78, 5) is 17.3. The van der Waals surface area contributed by atoms with Crippen molar-refractivity contribution in [1.29, 1.82) is 0 Å². The molecule has 1 aromatic carbocycles. The van der Waals surface area contributed by atoms with Gasteiger partial charge < -0.3 is 19.4 Å². The molecule has 3 aromatic rings. The summed E-state index contributed by atoms with van der Waals surface area (Å²) in [6, 6.07) is 10.0. The highest BCUT2D eigenvalue weighted by molar-refractivity contribution is 7.09. The summed E-state index contributed by atoms with van der Waals surface area (Å²) in [7, 11) is 3.29. The number of hydrogen-bond acceptors (Lipinski definition) is 5. The predicted octanol–water partition coefficient (Wildman–Crippen LogP) is 3.86. The van der Waals surface area contributed by atoms with Crippen molar-refractivity contribution in [3.05, 3.63) is 57.5 Å². The largest absolute Gasteiger partial charge is 0.497 e. The van der Waals surface area contributed by atoms with Gasteiger partial charge in [-0.05, 0) is 44.0 Å². The van der Waals surface area contributed by atoms with Gasteiger partial charge in [-0.2, -0.15) is 0 Å². The van der Waals surface area contributed by atoms with Gasteiger partial charge in [0, 0.05) is 31.3 Å². The van der Waals surface area contributed by atoms with E-state index in [4.69, 9.17) is 9.47 Å². The van der Waals surface area contributed by atoms with Crippen LogP contribution in [0.5, 0.6) is 5.75 Å². The Morgan fingerprint density at radius 1 is 1.21 bits per heavy atom. The van der Waals surface area contributed by atoms with Crippen molar-refractivity contribution in [3.8, 4) is 17.1 Å². The first-order chi connectivity index (χ1) is 14.0. The zero-order valence-electron chi connectivity index (χ0n) is 17.3. The van der Waals surface area contributed by atoms with Gasteiger partial charge in [0.15, 0.2) is 0 Å². The summed E-state index contributed by atoms with van der Waals surface area (Å²) in [5.41, 5.74) is 4.70. The van der Waals surface area contributed by atoms with Crippen LogP contribution >= 0.6 is 11.3 Å². The van der Waals surface area contributed by atoms with Gasteiger partial charge in [-0.15, -0.1) is 11.3 Å². The Labute approximate surface area is 175 Å². The van der Waals surface area contributed by atoms with E-state index in [1.165, 1.54) is 5.56 Å². The van der Waals surface area contributed by atoms with Crippen LogP contribution in [0.3, 0.4) is 0 Å². The maximum atomic E-state index is 12.7. The van der Waals surface area contributed by atoms with Crippen molar-refractivity contribution in [2.24, 2.45) is 0 Å². The molecule has 2 aromatic heterocycles. The average Bonchev–Trinajstić information content (AvgIpc) is 3.30. The number of carbonyl (C=O) groups excluding carboxylic acids is 1. The van der Waals surface area contributed by atoms with E-state index in [1.807, 2.05) is 37.4 Å². The normalized spacial score (nSPS) is 10.9. The number of thiazole rings is 1. The van der Waals surface area contributed by atoms with E-state index in [0.29, 0.717) is 18.7 Å². The van der Waals surface area contributed by atoms with Crippen LogP contribution in [-0.4, -0.2) is 42.8 Å². The molecule has 1 amide bonds. The van der Waals surface area contributed by atoms with Crippen LogP contribution in [0.2, 0.25) is 0 Å². The molecule has 0 spiro atoms. The van der Waals surface area contributed by atoms with Crippen molar-refractivity contribution in [2.45, 2.75) is 26.8 Å². The van der Waals surface area contributed by atoms with Crippen molar-refractivity contribution >= 4 is 17.2 Å². The van der Waals surface area contributed by atoms with E-state index in [-0.39, 0.29) is 5.91 Å². The third-order valence-electron chi connectivity index (χ3n) is 4.87. The highest BCUT2D eigenvalue weighted by atomic mass is 32.1. The molecule has 0 fully saturated rings. The van der Waals surface area contributed by atoms with Crippen LogP contribution in [0.4, 0.5) is 0 Å². The summed E-state index contributed by atoms with van der Waals surface area (Å²) in [5.74, 6) is 0.760. The summed E-state index contributed by atoms with van der Waals surface area (Å²) in [6.45, 7) is 5.71. The molecule has 0 bridgehead atoms. The minimum absolute atomic E-state index is 0.0871. The van der Waals surface area contributed by atoms with Gasteiger partial charge in [0.1, 0.15) is 5.75 Å². The summed E-state index contributed by atoms with van der Waals surface area (Å²) in [5, 5.41) is 5.96. The maximum Gasteiger partial charge on any atom is 0.253 e. The van der Waals surface area contributed by atoms with E-state index in [1.54, 1.807) is 25.6 Å². The van der Waals surface area contributed by atoms with E-state index in [0.717, 1.165) is 40.8 Å². The Morgan fingerprint density at radius 3 is 2.59 bits per heavy atom. The molecular formula is C22H27N3O3S. The van der Waals surface area contributed by atoms with Gasteiger partial charge in [-0.3, -0.25) is 4.79 Å². The molecule has 2 heterocycles. The molecule has 0 aliphatic rings. The van der Waals surface area contributed by atoms with Gasteiger partial charge in [0.2, 0.25) is 0 Å². The smallest absolute Gasteiger partial charge is 0.253 e. The zero-order valence-corrected chi connectivity index (χ0v) is 18.1. The first-order valence-corrected chi connectivity index (χ1v) is 10.4. The van der Waals surface area contributed by atoms with Crippen LogP contribution in [0.1, 0.15) is 26.6 Å². The molecule has 6 nitrogen and oxygen atoms in total. The number of ether oxygens (including phenoxy) is 2. The highest BCUT2D eigenvalue weighted by Crippen LogP contribution is 2.28. The number of nitrogens with zero attached hydrogens (tertiary/aromatic N) is 2. The van der Waals surface area contributed by atoms with Gasteiger partial charge in [-0.1, -0.05) is 12.1 Å². The Kier molecular flexibility index (Phi) is 7.06. The van der Waals surface area contributed by atoms with Crippen LogP contribution in [0.15, 0.2) is 35.7 Å². The molecule has 0 radical (unpaired) electrons. The molecule has 7 heteroatoms. The SMILES string of the molecule is COCCNC(=O)c1cc(-c2csc(C)n2)n(CCc2ccc(OC)cc2)c1C. The lowest BCUT2D eigenvalue weighted by Gasteiger charge is -2.12. The third kappa shape index (κ3) is 5.05. The first kappa shape index (κ1) is 21.1. The van der Waals surface area contributed by atoms with E-state index >= 15 is 0 Å². The molecular weight excluding hydrogens is 386 g/mol. The molecule has 0 aliphatic carbocycles. The summed E-state index contributed by atoms with van der Waals surface area (Å²) < 4.78 is 12.4. The van der Waals surface area contributed by atoms with Gasteiger partial charge in [0.25, 0.3) is 5.91 Å². The number of aromatic nitrogens is 2. The number of methoxy groups -OCH3 is 2. The van der Waals surface area contributed by atoms with Crippen molar-refractivity contribution < 1.29 is 14.3 Å². The number of benzene rings is 1. The maximum absolute atomic E-state index is 12.7. The van der Waals surface area contributed by atoms with Crippen molar-refractivity contribution in [1.82, 2.24) is 14.9 Å². The van der Waals surface area contributed by atoms with Crippen LogP contribution in [0, 0.1) is 13.8 Å². The molecule has 3 rings (SSSR count). The molecule has 154 valence electrons. The average molecular weight is 414 g/mol. The third-order valence-corrected chi connectivity index (χ3v) is 5.64. The lowest BCUT2D eigenvalue weighted by Crippen LogP contribution is -2.27. The Morgan fingerprint density at radius 2 is 1.97 bits per heavy atom. The minimum atomic E-state index is -0.0871. The topological polar surface area (TPSA) is 65.4 Å². The minimum Gasteiger partial charge on any atom is -0.497 e. The van der Waals surface area contributed by atoms with E-state index in [9.17, 15) is 4.79 Å². The first-order valence-electron chi connectivity index (χ1n) is 9.56. The summed E-state index contributed by atoms with van der Waals surface area (Å²) in [6.07, 6.45) is 0.848. The lowest BCUT2D eigenvalue weighted by molar-refractivity contribution is 0.0936. The zero-order chi connectivity index (χ0) is 20.8. The van der Waals surface area contributed by atoms with Crippen molar-refractivity contribution in [3.63, 3.8) is 0 Å². The number of hydrogen-bond donors (Lipinski definition) is 1. The van der Waals surface area contributed by atoms with Gasteiger partial charge in [0.05, 0.1) is 35.7 Å².